The molecule has 1 heterocycles. The first-order valence-electron chi connectivity index (χ1n) is 5.90. The van der Waals surface area contributed by atoms with Crippen LogP contribution in [0.25, 0.3) is 0 Å². The number of nitrogens with one attached hydrogen (secondary N) is 2. The van der Waals surface area contributed by atoms with Crippen LogP contribution in [0.1, 0.15) is 0 Å². The van der Waals surface area contributed by atoms with Gasteiger partial charge in [0.25, 0.3) is 0 Å². The lowest BCUT2D eigenvalue weighted by Crippen LogP contribution is -2.60. The van der Waals surface area contributed by atoms with Gasteiger partial charge < -0.3 is 15.7 Å². The number of hydrogen-bond acceptors (Lipinski definition) is 3. The lowest BCUT2D eigenvalue weighted by atomic mass is 10.2. The van der Waals surface area contributed by atoms with Gasteiger partial charge in [-0.2, -0.15) is 0 Å². The van der Waals surface area contributed by atoms with Crippen LogP contribution in [-0.2, 0) is 9.59 Å². The molecule has 0 aliphatic carbocycles. The summed E-state index contributed by atoms with van der Waals surface area (Å²) >= 11 is 5.77. The van der Waals surface area contributed by atoms with Gasteiger partial charge in [-0.25, -0.2) is 14.0 Å². The van der Waals surface area contributed by atoms with Gasteiger partial charge in [0.15, 0.2) is 0 Å². The van der Waals surface area contributed by atoms with Gasteiger partial charge in [-0.3, -0.25) is 9.69 Å². The van der Waals surface area contributed by atoms with E-state index in [4.69, 9.17) is 16.7 Å². The Morgan fingerprint density at radius 1 is 1.48 bits per heavy atom. The summed E-state index contributed by atoms with van der Waals surface area (Å²) in [5, 5.41) is 13.7. The Balaban J connectivity index is 2.17. The van der Waals surface area contributed by atoms with Crippen LogP contribution in [0, 0.1) is 5.82 Å². The zero-order valence-electron chi connectivity index (χ0n) is 10.6. The highest BCUT2D eigenvalue weighted by Gasteiger charge is 2.35. The molecule has 112 valence electrons. The van der Waals surface area contributed by atoms with Crippen LogP contribution in [-0.4, -0.2) is 47.0 Å². The average molecular weight is 316 g/mol. The molecule has 0 aromatic heterocycles. The number of rotatable bonds is 2. The van der Waals surface area contributed by atoms with Crippen molar-refractivity contribution in [1.29, 1.82) is 0 Å². The third-order valence-electron chi connectivity index (χ3n) is 2.90. The summed E-state index contributed by atoms with van der Waals surface area (Å²) < 4.78 is 12.9. The minimum Gasteiger partial charge on any atom is -0.480 e. The van der Waals surface area contributed by atoms with Crippen LogP contribution in [0.4, 0.5) is 14.9 Å². The van der Waals surface area contributed by atoms with Gasteiger partial charge in [0.1, 0.15) is 18.4 Å². The van der Waals surface area contributed by atoms with Crippen molar-refractivity contribution in [2.45, 2.75) is 6.04 Å². The van der Waals surface area contributed by atoms with Crippen molar-refractivity contribution < 1.29 is 23.9 Å². The minimum atomic E-state index is -1.24. The normalized spacial score (nSPS) is 18.1. The maximum atomic E-state index is 12.9. The predicted octanol–water partition coefficient (Wildman–Crippen LogP) is 0.896. The monoisotopic (exact) mass is 315 g/mol. The number of amides is 3. The fraction of sp³-hybridized carbons (Fsp3) is 0.250. The van der Waals surface area contributed by atoms with E-state index in [0.717, 1.165) is 17.0 Å². The highest BCUT2D eigenvalue weighted by atomic mass is 35.5. The summed E-state index contributed by atoms with van der Waals surface area (Å²) in [6.45, 7) is -0.569. The van der Waals surface area contributed by atoms with Gasteiger partial charge in [0.2, 0.25) is 5.91 Å². The molecule has 1 aliphatic heterocycles. The number of aliphatic carboxylic acids is 1. The number of anilines is 1. The molecule has 1 atom stereocenters. The zero-order chi connectivity index (χ0) is 15.6. The average Bonchev–Trinajstić information content (AvgIpc) is 2.41. The lowest BCUT2D eigenvalue weighted by molar-refractivity contribution is -0.144. The summed E-state index contributed by atoms with van der Waals surface area (Å²) in [5.74, 6) is -2.28. The Morgan fingerprint density at radius 3 is 2.81 bits per heavy atom. The first kappa shape index (κ1) is 15.0. The number of carboxylic acids is 1. The Bertz CT molecular complexity index is 610. The Morgan fingerprint density at radius 2 is 2.19 bits per heavy atom. The molecule has 9 heteroatoms. The maximum absolute atomic E-state index is 12.9. The number of nitrogens with zero attached hydrogens (tertiary/aromatic N) is 1. The zero-order valence-corrected chi connectivity index (χ0v) is 11.4. The second kappa shape index (κ2) is 5.96. The number of hydrogen-bond donors (Lipinski definition) is 3. The lowest BCUT2D eigenvalue weighted by Gasteiger charge is -2.32. The molecule has 1 saturated heterocycles. The molecular formula is C12H11ClFN3O4. The number of carboxylic acid groups (broad SMARTS) is 1. The van der Waals surface area contributed by atoms with Gasteiger partial charge in [-0.1, -0.05) is 11.6 Å². The van der Waals surface area contributed by atoms with E-state index < -0.39 is 29.8 Å². The maximum Gasteiger partial charge on any atom is 0.328 e. The summed E-state index contributed by atoms with van der Waals surface area (Å²) in [6, 6.07) is 1.37. The van der Waals surface area contributed by atoms with Crippen LogP contribution >= 0.6 is 11.6 Å². The second-order valence-corrected chi connectivity index (χ2v) is 4.75. The number of urea groups is 1. The smallest absolute Gasteiger partial charge is 0.328 e. The van der Waals surface area contributed by atoms with Crippen molar-refractivity contribution in [1.82, 2.24) is 10.2 Å². The van der Waals surface area contributed by atoms with E-state index in [2.05, 4.69) is 10.6 Å². The Kier molecular flexibility index (Phi) is 4.27. The van der Waals surface area contributed by atoms with E-state index in [1.54, 1.807) is 0 Å². The molecule has 2 rings (SSSR count). The number of halogens is 2. The van der Waals surface area contributed by atoms with Crippen LogP contribution in [0.5, 0.6) is 0 Å². The highest BCUT2D eigenvalue weighted by Crippen LogP contribution is 2.23. The van der Waals surface area contributed by atoms with Crippen molar-refractivity contribution in [3.63, 3.8) is 0 Å². The first-order chi connectivity index (χ1) is 9.88. The summed E-state index contributed by atoms with van der Waals surface area (Å²) in [4.78, 5) is 35.4. The third-order valence-corrected chi connectivity index (χ3v) is 3.21. The van der Waals surface area contributed by atoms with Crippen molar-refractivity contribution in [3.05, 3.63) is 29.0 Å². The molecule has 7 nitrogen and oxygen atoms in total. The van der Waals surface area contributed by atoms with Gasteiger partial charge >= 0.3 is 12.0 Å². The molecule has 0 saturated carbocycles. The molecule has 1 aromatic carbocycles. The fourth-order valence-corrected chi connectivity index (χ4v) is 2.07. The van der Waals surface area contributed by atoms with Crippen molar-refractivity contribution in [2.24, 2.45) is 0 Å². The standard InChI is InChI=1S/C12H11ClFN3O4/c13-7-3-6(14)1-2-8(7)16-12(21)17-5-10(18)15-4-9(17)11(19)20/h1-3,9H,4-5H2,(H,15,18)(H,16,21)(H,19,20). The molecule has 1 aromatic rings. The largest absolute Gasteiger partial charge is 0.480 e. The molecule has 21 heavy (non-hydrogen) atoms. The van der Waals surface area contributed by atoms with Gasteiger partial charge in [-0.15, -0.1) is 0 Å². The number of carbonyl (C=O) groups excluding carboxylic acids is 2. The minimum absolute atomic E-state index is 0.0308. The van der Waals surface area contributed by atoms with Crippen LogP contribution in [0.15, 0.2) is 18.2 Å². The Labute approximate surface area is 123 Å². The highest BCUT2D eigenvalue weighted by molar-refractivity contribution is 6.33. The van der Waals surface area contributed by atoms with Gasteiger partial charge in [-0.05, 0) is 18.2 Å². The number of benzene rings is 1. The molecule has 0 radical (unpaired) electrons. The topological polar surface area (TPSA) is 98.7 Å². The van der Waals surface area contributed by atoms with Crippen molar-refractivity contribution in [2.75, 3.05) is 18.4 Å². The molecule has 3 N–H and O–H groups in total. The molecular weight excluding hydrogens is 305 g/mol. The van der Waals surface area contributed by atoms with Crippen LogP contribution in [0.2, 0.25) is 5.02 Å². The summed E-state index contributed by atoms with van der Waals surface area (Å²) in [7, 11) is 0. The molecule has 0 bridgehead atoms. The molecule has 3 amide bonds. The van der Waals surface area contributed by atoms with Crippen LogP contribution in [0.3, 0.4) is 0 Å². The fourth-order valence-electron chi connectivity index (χ4n) is 1.85. The SMILES string of the molecule is O=C1CN(C(=O)Nc2ccc(F)cc2Cl)C(C(=O)O)CN1. The quantitative estimate of drug-likeness (QED) is 0.755. The number of piperazine rings is 1. The van der Waals surface area contributed by atoms with E-state index >= 15 is 0 Å². The number of carbonyl (C=O) groups is 3. The van der Waals surface area contributed by atoms with Gasteiger partial charge in [0, 0.05) is 6.54 Å². The van der Waals surface area contributed by atoms with E-state index in [-0.39, 0.29) is 23.8 Å². The van der Waals surface area contributed by atoms with E-state index in [1.807, 2.05) is 0 Å². The summed E-state index contributed by atoms with van der Waals surface area (Å²) in [5.41, 5.74) is 0.123. The third kappa shape index (κ3) is 3.40. The van der Waals surface area contributed by atoms with E-state index in [0.29, 0.717) is 0 Å². The van der Waals surface area contributed by atoms with E-state index in [9.17, 15) is 18.8 Å². The van der Waals surface area contributed by atoms with E-state index in [1.165, 1.54) is 6.07 Å². The first-order valence-corrected chi connectivity index (χ1v) is 6.28. The Hall–Kier alpha value is -2.35. The summed E-state index contributed by atoms with van der Waals surface area (Å²) in [6.07, 6.45) is 0. The molecule has 1 unspecified atom stereocenters. The van der Waals surface area contributed by atoms with Gasteiger partial charge in [0.05, 0.1) is 10.7 Å². The van der Waals surface area contributed by atoms with Crippen molar-refractivity contribution in [3.8, 4) is 0 Å². The predicted molar refractivity (Wildman–Crippen MR) is 71.6 cm³/mol. The van der Waals surface area contributed by atoms with Crippen LogP contribution < -0.4 is 10.6 Å². The van der Waals surface area contributed by atoms with Crippen molar-refractivity contribution >= 4 is 35.2 Å². The second-order valence-electron chi connectivity index (χ2n) is 4.34. The molecule has 1 fully saturated rings. The molecule has 0 spiro atoms. The molecule has 1 aliphatic rings.